The number of hydrogen-bond donors (Lipinski definition) is 0. The van der Waals surface area contributed by atoms with E-state index in [9.17, 15) is 9.59 Å². The van der Waals surface area contributed by atoms with E-state index in [1.54, 1.807) is 0 Å². The molecule has 296 valence electrons. The van der Waals surface area contributed by atoms with Crippen molar-refractivity contribution >= 4 is 20.5 Å². The van der Waals surface area contributed by atoms with Crippen molar-refractivity contribution in [2.45, 2.75) is 232 Å². The van der Waals surface area contributed by atoms with Crippen molar-refractivity contribution in [1.82, 2.24) is 0 Å². The van der Waals surface area contributed by atoms with Gasteiger partial charge >= 0.3 is 20.5 Å². The second-order valence-corrected chi connectivity index (χ2v) is 16.0. The molecular formula is C42H81O7P. The summed E-state index contributed by atoms with van der Waals surface area (Å²) in [6.45, 7) is 5.86. The van der Waals surface area contributed by atoms with Crippen molar-refractivity contribution in [2.24, 2.45) is 0 Å². The smallest absolute Gasteiger partial charge is 0.332 e. The largest absolute Gasteiger partial charge is 0.462 e. The van der Waals surface area contributed by atoms with Crippen LogP contribution in [0.3, 0.4) is 0 Å². The SMILES string of the molecule is CCCCCCCCCCCCCCCCCC(=O)OCC(COP1OCCCO1)OC(=O)CCCCCCCCCCCCCCCCC. The summed E-state index contributed by atoms with van der Waals surface area (Å²) in [5.41, 5.74) is 0. The summed E-state index contributed by atoms with van der Waals surface area (Å²) < 4.78 is 28.0. The molecule has 50 heavy (non-hydrogen) atoms. The molecule has 0 aromatic carbocycles. The summed E-state index contributed by atoms with van der Waals surface area (Å²) in [6.07, 6.45) is 39.7. The Hall–Kier alpha value is -0.750. The second kappa shape index (κ2) is 38.0. The van der Waals surface area contributed by atoms with E-state index in [2.05, 4.69) is 13.8 Å². The van der Waals surface area contributed by atoms with Gasteiger partial charge in [0.05, 0.1) is 19.8 Å². The highest BCUT2D eigenvalue weighted by Crippen LogP contribution is 2.42. The van der Waals surface area contributed by atoms with Crippen LogP contribution in [-0.4, -0.2) is 44.5 Å². The minimum Gasteiger partial charge on any atom is -0.462 e. The predicted octanol–water partition coefficient (Wildman–Crippen LogP) is 13.6. The van der Waals surface area contributed by atoms with E-state index in [4.69, 9.17) is 23.0 Å². The molecule has 0 aromatic rings. The van der Waals surface area contributed by atoms with Crippen molar-refractivity contribution in [1.29, 1.82) is 0 Å². The van der Waals surface area contributed by atoms with Crippen LogP contribution in [0.5, 0.6) is 0 Å². The lowest BCUT2D eigenvalue weighted by molar-refractivity contribution is -0.161. The Labute approximate surface area is 310 Å². The van der Waals surface area contributed by atoms with Crippen molar-refractivity contribution in [3.05, 3.63) is 0 Å². The molecule has 0 aliphatic carbocycles. The van der Waals surface area contributed by atoms with Crippen LogP contribution in [0.4, 0.5) is 0 Å². The lowest BCUT2D eigenvalue weighted by atomic mass is 10.0. The number of rotatable bonds is 38. The van der Waals surface area contributed by atoms with Crippen molar-refractivity contribution < 1.29 is 32.6 Å². The van der Waals surface area contributed by atoms with Crippen molar-refractivity contribution in [3.63, 3.8) is 0 Å². The molecule has 1 atom stereocenters. The van der Waals surface area contributed by atoms with E-state index in [1.807, 2.05) is 0 Å². The van der Waals surface area contributed by atoms with Gasteiger partial charge < -0.3 is 23.0 Å². The van der Waals surface area contributed by atoms with Crippen LogP contribution in [0.25, 0.3) is 0 Å². The number of carbonyl (C=O) groups is 2. The Kier molecular flexibility index (Phi) is 35.9. The highest BCUT2D eigenvalue weighted by Gasteiger charge is 2.23. The van der Waals surface area contributed by atoms with Gasteiger partial charge in [-0.2, -0.15) is 0 Å². The van der Waals surface area contributed by atoms with E-state index < -0.39 is 14.7 Å². The lowest BCUT2D eigenvalue weighted by Crippen LogP contribution is -2.29. The average Bonchev–Trinajstić information content (AvgIpc) is 3.13. The van der Waals surface area contributed by atoms with Gasteiger partial charge in [-0.3, -0.25) is 9.59 Å². The Balaban J connectivity index is 2.09. The number of unbranched alkanes of at least 4 members (excludes halogenated alkanes) is 28. The quantitative estimate of drug-likeness (QED) is 0.0356. The number of esters is 2. The molecule has 0 spiro atoms. The molecule has 1 unspecified atom stereocenters. The topological polar surface area (TPSA) is 80.3 Å². The second-order valence-electron chi connectivity index (χ2n) is 14.7. The predicted molar refractivity (Wildman–Crippen MR) is 209 cm³/mol. The van der Waals surface area contributed by atoms with Crippen LogP contribution in [0.15, 0.2) is 0 Å². The zero-order chi connectivity index (χ0) is 36.0. The summed E-state index contributed by atoms with van der Waals surface area (Å²) in [6, 6.07) is 0. The van der Waals surface area contributed by atoms with E-state index in [0.717, 1.165) is 38.5 Å². The molecule has 0 aromatic heterocycles. The van der Waals surface area contributed by atoms with Gasteiger partial charge in [-0.15, -0.1) is 0 Å². The summed E-state index contributed by atoms with van der Waals surface area (Å²) in [5.74, 6) is -0.496. The first-order valence-electron chi connectivity index (χ1n) is 21.7. The van der Waals surface area contributed by atoms with Gasteiger partial charge in [0.25, 0.3) is 0 Å². The van der Waals surface area contributed by atoms with Crippen molar-refractivity contribution in [3.8, 4) is 0 Å². The van der Waals surface area contributed by atoms with Gasteiger partial charge in [0, 0.05) is 12.8 Å². The Morgan fingerprint density at radius 3 is 1.20 bits per heavy atom. The third-order valence-electron chi connectivity index (χ3n) is 9.75. The van der Waals surface area contributed by atoms with Crippen LogP contribution in [0, 0.1) is 0 Å². The Morgan fingerprint density at radius 2 is 0.820 bits per heavy atom. The van der Waals surface area contributed by atoms with E-state index >= 15 is 0 Å². The van der Waals surface area contributed by atoms with Gasteiger partial charge in [-0.25, -0.2) is 0 Å². The third kappa shape index (κ3) is 33.1. The first-order chi connectivity index (χ1) is 24.7. The third-order valence-corrected chi connectivity index (χ3v) is 10.9. The molecule has 7 nitrogen and oxygen atoms in total. The Morgan fingerprint density at radius 1 is 0.480 bits per heavy atom. The zero-order valence-electron chi connectivity index (χ0n) is 33.0. The van der Waals surface area contributed by atoms with Gasteiger partial charge in [-0.1, -0.05) is 194 Å². The fourth-order valence-electron chi connectivity index (χ4n) is 6.49. The van der Waals surface area contributed by atoms with E-state index in [1.165, 1.54) is 161 Å². The molecule has 0 amide bonds. The molecule has 1 heterocycles. The van der Waals surface area contributed by atoms with Gasteiger partial charge in [0.1, 0.15) is 6.61 Å². The molecule has 0 bridgehead atoms. The van der Waals surface area contributed by atoms with Crippen LogP contribution in [-0.2, 0) is 32.6 Å². The molecule has 1 aliphatic rings. The molecule has 0 N–H and O–H groups in total. The number of carbonyl (C=O) groups excluding carboxylic acids is 2. The average molecular weight is 729 g/mol. The number of hydrogen-bond acceptors (Lipinski definition) is 7. The fraction of sp³-hybridized carbons (Fsp3) is 0.952. The molecule has 8 heteroatoms. The monoisotopic (exact) mass is 729 g/mol. The first-order valence-corrected chi connectivity index (χ1v) is 22.8. The summed E-state index contributed by atoms with van der Waals surface area (Å²) in [7, 11) is -1.44. The van der Waals surface area contributed by atoms with Crippen molar-refractivity contribution in [2.75, 3.05) is 26.4 Å². The first kappa shape index (κ1) is 47.3. The normalized spacial score (nSPS) is 14.2. The van der Waals surface area contributed by atoms with Gasteiger partial charge in [-0.05, 0) is 19.3 Å². The molecule has 1 fully saturated rings. The van der Waals surface area contributed by atoms with E-state index in [-0.39, 0.29) is 25.2 Å². The van der Waals surface area contributed by atoms with E-state index in [0.29, 0.717) is 26.1 Å². The molecule has 1 rings (SSSR count). The van der Waals surface area contributed by atoms with Crippen LogP contribution >= 0.6 is 8.60 Å². The number of ether oxygens (including phenoxy) is 2. The minimum atomic E-state index is -1.44. The lowest BCUT2D eigenvalue weighted by Gasteiger charge is -2.23. The van der Waals surface area contributed by atoms with Crippen LogP contribution < -0.4 is 0 Å². The zero-order valence-corrected chi connectivity index (χ0v) is 33.9. The summed E-state index contributed by atoms with van der Waals surface area (Å²) in [4.78, 5) is 25.1. The molecule has 0 saturated carbocycles. The molecule has 1 aliphatic heterocycles. The maximum Gasteiger partial charge on any atom is 0.332 e. The maximum atomic E-state index is 12.6. The molecular weight excluding hydrogens is 647 g/mol. The molecule has 1 saturated heterocycles. The summed E-state index contributed by atoms with van der Waals surface area (Å²) >= 11 is 0. The van der Waals surface area contributed by atoms with Crippen LogP contribution in [0.2, 0.25) is 0 Å². The highest BCUT2D eigenvalue weighted by molar-refractivity contribution is 7.41. The highest BCUT2D eigenvalue weighted by atomic mass is 31.2. The van der Waals surface area contributed by atoms with Gasteiger partial charge in [0.15, 0.2) is 6.10 Å². The van der Waals surface area contributed by atoms with Crippen LogP contribution in [0.1, 0.15) is 226 Å². The Bertz CT molecular complexity index is 731. The minimum absolute atomic E-state index is 0.00530. The summed E-state index contributed by atoms with van der Waals surface area (Å²) in [5, 5.41) is 0. The van der Waals surface area contributed by atoms with Gasteiger partial charge in [0.2, 0.25) is 0 Å². The fourth-order valence-corrected chi connectivity index (χ4v) is 7.56. The molecule has 0 radical (unpaired) electrons. The standard InChI is InChI=1S/C42H81O7P/c1-3-5-7-9-11-13-15-17-19-21-23-25-27-29-31-34-41(43)45-38-40(39-48-50-46-36-33-37-47-50)49-42(44)35-32-30-28-26-24-22-20-18-16-14-12-10-8-6-4-2/h40H,3-39H2,1-2H3. The maximum absolute atomic E-state index is 12.6.